The molecule has 1 aromatic rings. The van der Waals surface area contributed by atoms with Gasteiger partial charge in [-0.1, -0.05) is 6.07 Å². The van der Waals surface area contributed by atoms with Gasteiger partial charge in [-0.3, -0.25) is 0 Å². The van der Waals surface area contributed by atoms with Crippen molar-refractivity contribution in [3.05, 3.63) is 23.8 Å². The average molecular weight is 235 g/mol. The Bertz CT molecular complexity index is 397. The Morgan fingerprint density at radius 3 is 2.47 bits per heavy atom. The van der Waals surface area contributed by atoms with Gasteiger partial charge in [0.05, 0.1) is 14.2 Å². The second kappa shape index (κ2) is 4.57. The number of nitrogens with two attached hydrogens (primary N) is 1. The Morgan fingerprint density at radius 1 is 1.29 bits per heavy atom. The molecule has 1 aliphatic carbocycles. The molecule has 0 amide bonds. The van der Waals surface area contributed by atoms with Crippen molar-refractivity contribution < 1.29 is 9.47 Å². The molecule has 2 N–H and O–H groups in total. The van der Waals surface area contributed by atoms with Gasteiger partial charge in [0.15, 0.2) is 0 Å². The lowest BCUT2D eigenvalue weighted by Gasteiger charge is -2.21. The van der Waals surface area contributed by atoms with Gasteiger partial charge in [-0.25, -0.2) is 0 Å². The van der Waals surface area contributed by atoms with Crippen LogP contribution < -0.4 is 15.2 Å². The fraction of sp³-hybridized carbons (Fsp3) is 0.571. The van der Waals surface area contributed by atoms with Gasteiger partial charge in [-0.15, -0.1) is 0 Å². The minimum Gasteiger partial charge on any atom is -0.497 e. The molecule has 0 heterocycles. The smallest absolute Gasteiger partial charge is 0.125 e. The first kappa shape index (κ1) is 12.2. The quantitative estimate of drug-likeness (QED) is 0.852. The van der Waals surface area contributed by atoms with E-state index in [4.69, 9.17) is 15.2 Å². The summed E-state index contributed by atoms with van der Waals surface area (Å²) >= 11 is 0. The topological polar surface area (TPSA) is 44.5 Å². The van der Waals surface area contributed by atoms with Crippen LogP contribution in [-0.2, 0) is 6.42 Å². The maximum atomic E-state index is 6.06. The van der Waals surface area contributed by atoms with Gasteiger partial charge in [0.2, 0.25) is 0 Å². The molecule has 0 radical (unpaired) electrons. The van der Waals surface area contributed by atoms with E-state index in [1.165, 1.54) is 18.4 Å². The van der Waals surface area contributed by atoms with Gasteiger partial charge in [-0.05, 0) is 43.2 Å². The van der Waals surface area contributed by atoms with E-state index in [2.05, 4.69) is 13.0 Å². The molecular formula is C14H21NO2. The highest BCUT2D eigenvalue weighted by Crippen LogP contribution is 2.51. The number of methoxy groups -OCH3 is 2. The molecule has 0 aliphatic heterocycles. The molecule has 1 unspecified atom stereocenters. The molecule has 1 aromatic carbocycles. The predicted molar refractivity (Wildman–Crippen MR) is 68.6 cm³/mol. The van der Waals surface area contributed by atoms with Gasteiger partial charge >= 0.3 is 0 Å². The summed E-state index contributed by atoms with van der Waals surface area (Å²) in [5.41, 5.74) is 7.58. The highest BCUT2D eigenvalue weighted by atomic mass is 16.5. The maximum Gasteiger partial charge on any atom is 0.125 e. The van der Waals surface area contributed by atoms with E-state index in [1.807, 2.05) is 12.1 Å². The lowest BCUT2D eigenvalue weighted by Crippen LogP contribution is -2.29. The van der Waals surface area contributed by atoms with E-state index in [-0.39, 0.29) is 6.04 Å². The number of hydrogen-bond donors (Lipinski definition) is 1. The summed E-state index contributed by atoms with van der Waals surface area (Å²) in [7, 11) is 3.36. The van der Waals surface area contributed by atoms with E-state index in [0.717, 1.165) is 17.9 Å². The Morgan fingerprint density at radius 2 is 2.00 bits per heavy atom. The molecule has 17 heavy (non-hydrogen) atoms. The van der Waals surface area contributed by atoms with E-state index in [0.29, 0.717) is 5.41 Å². The van der Waals surface area contributed by atoms with Gasteiger partial charge in [-0.2, -0.15) is 0 Å². The van der Waals surface area contributed by atoms with E-state index in [1.54, 1.807) is 14.2 Å². The van der Waals surface area contributed by atoms with Crippen LogP contribution >= 0.6 is 0 Å². The van der Waals surface area contributed by atoms with Crippen LogP contribution in [0.5, 0.6) is 11.5 Å². The summed E-state index contributed by atoms with van der Waals surface area (Å²) in [4.78, 5) is 0. The van der Waals surface area contributed by atoms with Crippen LogP contribution in [0, 0.1) is 5.41 Å². The number of hydrogen-bond acceptors (Lipinski definition) is 3. The molecule has 3 heteroatoms. The molecule has 1 saturated carbocycles. The van der Waals surface area contributed by atoms with Crippen LogP contribution in [0.1, 0.15) is 25.3 Å². The first-order valence-electron chi connectivity index (χ1n) is 6.08. The molecule has 2 rings (SSSR count). The zero-order chi connectivity index (χ0) is 12.5. The largest absolute Gasteiger partial charge is 0.497 e. The maximum absolute atomic E-state index is 6.06. The lowest BCUT2D eigenvalue weighted by molar-refractivity contribution is 0.376. The molecule has 3 nitrogen and oxygen atoms in total. The van der Waals surface area contributed by atoms with Crippen molar-refractivity contribution in [3.63, 3.8) is 0 Å². The first-order valence-corrected chi connectivity index (χ1v) is 6.08. The summed E-state index contributed by atoms with van der Waals surface area (Å²) < 4.78 is 10.6. The number of rotatable bonds is 5. The van der Waals surface area contributed by atoms with Gasteiger partial charge < -0.3 is 15.2 Å². The van der Waals surface area contributed by atoms with Crippen LogP contribution in [0.3, 0.4) is 0 Å². The van der Waals surface area contributed by atoms with Gasteiger partial charge in [0.1, 0.15) is 11.5 Å². The third-order valence-electron chi connectivity index (χ3n) is 3.89. The zero-order valence-electron chi connectivity index (χ0n) is 10.8. The lowest BCUT2D eigenvalue weighted by atomic mass is 9.90. The SMILES string of the molecule is COc1ccc(CC2(C(C)N)CC2)c(OC)c1. The third kappa shape index (κ3) is 2.39. The minimum absolute atomic E-state index is 0.245. The molecule has 1 atom stereocenters. The fourth-order valence-corrected chi connectivity index (χ4v) is 2.33. The van der Waals surface area contributed by atoms with Crippen molar-refractivity contribution in [2.24, 2.45) is 11.1 Å². The number of benzene rings is 1. The Labute approximate surface area is 103 Å². The first-order chi connectivity index (χ1) is 8.11. The summed E-state index contributed by atoms with van der Waals surface area (Å²) in [6.45, 7) is 2.10. The molecule has 94 valence electrons. The highest BCUT2D eigenvalue weighted by Gasteiger charge is 2.46. The number of ether oxygens (including phenoxy) is 2. The summed E-state index contributed by atoms with van der Waals surface area (Å²) in [6, 6.07) is 6.25. The molecule has 1 aliphatic rings. The fourth-order valence-electron chi connectivity index (χ4n) is 2.33. The minimum atomic E-state index is 0.245. The second-order valence-electron chi connectivity index (χ2n) is 5.01. The van der Waals surface area contributed by atoms with Crippen LogP contribution in [-0.4, -0.2) is 20.3 Å². The van der Waals surface area contributed by atoms with Crippen LogP contribution in [0.2, 0.25) is 0 Å². The van der Waals surface area contributed by atoms with Crippen molar-refractivity contribution in [2.75, 3.05) is 14.2 Å². The molecular weight excluding hydrogens is 214 g/mol. The van der Waals surface area contributed by atoms with Crippen LogP contribution in [0.4, 0.5) is 0 Å². The van der Waals surface area contributed by atoms with Gasteiger partial charge in [0.25, 0.3) is 0 Å². The van der Waals surface area contributed by atoms with Crippen LogP contribution in [0.25, 0.3) is 0 Å². The van der Waals surface area contributed by atoms with E-state index >= 15 is 0 Å². The van der Waals surface area contributed by atoms with E-state index in [9.17, 15) is 0 Å². The summed E-state index contributed by atoms with van der Waals surface area (Å²) in [5.74, 6) is 1.73. The monoisotopic (exact) mass is 235 g/mol. The van der Waals surface area contributed by atoms with Crippen molar-refractivity contribution in [1.82, 2.24) is 0 Å². The molecule has 1 fully saturated rings. The van der Waals surface area contributed by atoms with Crippen molar-refractivity contribution in [1.29, 1.82) is 0 Å². The molecule has 0 aromatic heterocycles. The standard InChI is InChI=1S/C14H21NO2/c1-10(15)14(6-7-14)9-11-4-5-12(16-2)8-13(11)17-3/h4-5,8,10H,6-7,9,15H2,1-3H3. The Kier molecular flexibility index (Phi) is 3.29. The summed E-state index contributed by atoms with van der Waals surface area (Å²) in [5, 5.41) is 0. The molecule has 0 saturated heterocycles. The third-order valence-corrected chi connectivity index (χ3v) is 3.89. The van der Waals surface area contributed by atoms with Crippen molar-refractivity contribution in [2.45, 2.75) is 32.2 Å². The second-order valence-corrected chi connectivity index (χ2v) is 5.01. The highest BCUT2D eigenvalue weighted by molar-refractivity contribution is 5.41. The average Bonchev–Trinajstić information content (AvgIpc) is 3.10. The van der Waals surface area contributed by atoms with E-state index < -0.39 is 0 Å². The Balaban J connectivity index is 2.21. The molecule has 0 spiro atoms. The normalized spacial score (nSPS) is 18.6. The predicted octanol–water partition coefficient (Wildman–Crippen LogP) is 2.37. The molecule has 0 bridgehead atoms. The van der Waals surface area contributed by atoms with Gasteiger partial charge in [0, 0.05) is 12.1 Å². The Hall–Kier alpha value is -1.22. The van der Waals surface area contributed by atoms with Crippen LogP contribution in [0.15, 0.2) is 18.2 Å². The van der Waals surface area contributed by atoms with Crippen molar-refractivity contribution >= 4 is 0 Å². The zero-order valence-corrected chi connectivity index (χ0v) is 10.8. The summed E-state index contributed by atoms with van der Waals surface area (Å²) in [6.07, 6.45) is 3.44. The van der Waals surface area contributed by atoms with Crippen molar-refractivity contribution in [3.8, 4) is 11.5 Å².